The number of nitrogens with one attached hydrogen (secondary N) is 2. The average molecular weight is 303 g/mol. The Morgan fingerprint density at radius 2 is 2.14 bits per heavy atom. The predicted octanol–water partition coefficient (Wildman–Crippen LogP) is 1.93. The quantitative estimate of drug-likeness (QED) is 0.645. The molecule has 0 amide bonds. The van der Waals surface area contributed by atoms with E-state index in [1.807, 2.05) is 32.2 Å². The molecule has 2 heterocycles. The van der Waals surface area contributed by atoms with E-state index >= 15 is 0 Å². The number of guanidine groups is 1. The molecule has 0 radical (unpaired) electrons. The summed E-state index contributed by atoms with van der Waals surface area (Å²) in [5.74, 6) is 0.872. The van der Waals surface area contributed by atoms with Crippen LogP contribution in [0.5, 0.6) is 0 Å². The first-order chi connectivity index (χ1) is 10.7. The van der Waals surface area contributed by atoms with Gasteiger partial charge >= 0.3 is 0 Å². The number of piperidine rings is 1. The van der Waals surface area contributed by atoms with E-state index in [4.69, 9.17) is 0 Å². The van der Waals surface area contributed by atoms with Gasteiger partial charge in [0.2, 0.25) is 0 Å². The summed E-state index contributed by atoms with van der Waals surface area (Å²) in [6.45, 7) is 8.55. The number of rotatable bonds is 5. The molecule has 2 N–H and O–H groups in total. The van der Waals surface area contributed by atoms with Crippen LogP contribution in [-0.2, 0) is 6.54 Å². The molecule has 0 spiro atoms. The molecule has 0 aromatic carbocycles. The number of aliphatic imine (C=N–C) groups is 1. The van der Waals surface area contributed by atoms with Gasteiger partial charge in [-0.25, -0.2) is 0 Å². The van der Waals surface area contributed by atoms with Crippen LogP contribution in [0.1, 0.15) is 37.6 Å². The standard InChI is InChI=1S/C17H29N5/c1-4-10-22-11-8-15(9-12-22)21-17(18-3)19-13-16-7-5-6-14(2)20-16/h5-7,15H,4,8-13H2,1-3H3,(H2,18,19,21). The molecule has 1 aromatic rings. The van der Waals surface area contributed by atoms with Crippen molar-refractivity contribution in [2.75, 3.05) is 26.7 Å². The molecule has 5 heteroatoms. The second-order valence-corrected chi connectivity index (χ2v) is 5.96. The molecular formula is C17H29N5. The highest BCUT2D eigenvalue weighted by Gasteiger charge is 2.19. The first-order valence-electron chi connectivity index (χ1n) is 8.33. The molecule has 5 nitrogen and oxygen atoms in total. The van der Waals surface area contributed by atoms with Gasteiger partial charge in [0.25, 0.3) is 0 Å². The van der Waals surface area contributed by atoms with Crippen molar-refractivity contribution in [1.29, 1.82) is 0 Å². The minimum absolute atomic E-state index is 0.518. The average Bonchev–Trinajstić information content (AvgIpc) is 2.53. The molecule has 1 saturated heterocycles. The van der Waals surface area contributed by atoms with E-state index in [1.165, 1.54) is 38.9 Å². The summed E-state index contributed by atoms with van der Waals surface area (Å²) >= 11 is 0. The van der Waals surface area contributed by atoms with E-state index in [1.54, 1.807) is 0 Å². The highest BCUT2D eigenvalue weighted by molar-refractivity contribution is 5.79. The van der Waals surface area contributed by atoms with Crippen molar-refractivity contribution in [2.45, 2.75) is 45.7 Å². The highest BCUT2D eigenvalue weighted by atomic mass is 15.2. The molecule has 0 bridgehead atoms. The van der Waals surface area contributed by atoms with Crippen molar-refractivity contribution >= 4 is 5.96 Å². The number of hydrogen-bond donors (Lipinski definition) is 2. The largest absolute Gasteiger partial charge is 0.354 e. The Bertz CT molecular complexity index is 478. The first kappa shape index (κ1) is 16.7. The molecule has 22 heavy (non-hydrogen) atoms. The Kier molecular flexibility index (Phi) is 6.65. The first-order valence-corrected chi connectivity index (χ1v) is 8.33. The van der Waals surface area contributed by atoms with Crippen LogP contribution in [0.2, 0.25) is 0 Å². The fourth-order valence-corrected chi connectivity index (χ4v) is 2.88. The molecule has 1 fully saturated rings. The van der Waals surface area contributed by atoms with E-state index in [9.17, 15) is 0 Å². The van der Waals surface area contributed by atoms with Crippen molar-refractivity contribution < 1.29 is 0 Å². The van der Waals surface area contributed by atoms with Crippen LogP contribution in [0.3, 0.4) is 0 Å². The fraction of sp³-hybridized carbons (Fsp3) is 0.647. The molecular weight excluding hydrogens is 274 g/mol. The lowest BCUT2D eigenvalue weighted by molar-refractivity contribution is 0.206. The minimum atomic E-state index is 0.518. The molecule has 1 aliphatic rings. The van der Waals surface area contributed by atoms with Gasteiger partial charge in [0.15, 0.2) is 5.96 Å². The second kappa shape index (κ2) is 8.73. The van der Waals surface area contributed by atoms with Gasteiger partial charge in [-0.2, -0.15) is 0 Å². The van der Waals surface area contributed by atoms with Gasteiger partial charge in [-0.05, 0) is 44.9 Å². The molecule has 2 rings (SSSR count). The van der Waals surface area contributed by atoms with E-state index in [0.29, 0.717) is 12.6 Å². The molecule has 0 unspecified atom stereocenters. The fourth-order valence-electron chi connectivity index (χ4n) is 2.88. The van der Waals surface area contributed by atoms with Crippen LogP contribution >= 0.6 is 0 Å². The van der Waals surface area contributed by atoms with Gasteiger partial charge in [0.05, 0.1) is 12.2 Å². The number of aryl methyl sites for hydroxylation is 1. The maximum Gasteiger partial charge on any atom is 0.191 e. The van der Waals surface area contributed by atoms with Crippen molar-refractivity contribution in [3.63, 3.8) is 0 Å². The van der Waals surface area contributed by atoms with Crippen LogP contribution in [0, 0.1) is 6.92 Å². The zero-order valence-corrected chi connectivity index (χ0v) is 14.1. The number of pyridine rings is 1. The van der Waals surface area contributed by atoms with Gasteiger partial charge < -0.3 is 15.5 Å². The van der Waals surface area contributed by atoms with E-state index in [2.05, 4.69) is 32.4 Å². The predicted molar refractivity (Wildman–Crippen MR) is 92.1 cm³/mol. The van der Waals surface area contributed by atoms with E-state index in [0.717, 1.165) is 17.3 Å². The van der Waals surface area contributed by atoms with Crippen LogP contribution < -0.4 is 10.6 Å². The zero-order chi connectivity index (χ0) is 15.8. The van der Waals surface area contributed by atoms with Crippen LogP contribution in [0.25, 0.3) is 0 Å². The number of hydrogen-bond acceptors (Lipinski definition) is 3. The summed E-state index contributed by atoms with van der Waals surface area (Å²) < 4.78 is 0. The molecule has 122 valence electrons. The maximum absolute atomic E-state index is 4.50. The van der Waals surface area contributed by atoms with Crippen molar-refractivity contribution in [3.05, 3.63) is 29.6 Å². The van der Waals surface area contributed by atoms with Crippen LogP contribution in [-0.4, -0.2) is 48.6 Å². The van der Waals surface area contributed by atoms with Crippen molar-refractivity contribution in [1.82, 2.24) is 20.5 Å². The Morgan fingerprint density at radius 3 is 2.77 bits per heavy atom. The van der Waals surface area contributed by atoms with Gasteiger partial charge in [-0.1, -0.05) is 13.0 Å². The van der Waals surface area contributed by atoms with Crippen molar-refractivity contribution in [2.24, 2.45) is 4.99 Å². The lowest BCUT2D eigenvalue weighted by Gasteiger charge is -2.32. The Labute approximate surface area is 134 Å². The molecule has 0 atom stereocenters. The second-order valence-electron chi connectivity index (χ2n) is 5.96. The highest BCUT2D eigenvalue weighted by Crippen LogP contribution is 2.10. The summed E-state index contributed by atoms with van der Waals surface area (Å²) in [6, 6.07) is 6.61. The third-order valence-electron chi connectivity index (χ3n) is 4.07. The maximum atomic E-state index is 4.50. The van der Waals surface area contributed by atoms with Crippen LogP contribution in [0.4, 0.5) is 0 Å². The molecule has 0 saturated carbocycles. The zero-order valence-electron chi connectivity index (χ0n) is 14.1. The van der Waals surface area contributed by atoms with Gasteiger partial charge in [-0.3, -0.25) is 9.98 Å². The van der Waals surface area contributed by atoms with Gasteiger partial charge in [0.1, 0.15) is 0 Å². The Morgan fingerprint density at radius 1 is 1.36 bits per heavy atom. The lowest BCUT2D eigenvalue weighted by atomic mass is 10.1. The molecule has 1 aromatic heterocycles. The summed E-state index contributed by atoms with van der Waals surface area (Å²) in [7, 11) is 1.82. The van der Waals surface area contributed by atoms with Gasteiger partial charge in [-0.15, -0.1) is 0 Å². The van der Waals surface area contributed by atoms with Crippen LogP contribution in [0.15, 0.2) is 23.2 Å². The normalized spacial score (nSPS) is 17.5. The third-order valence-corrected chi connectivity index (χ3v) is 4.07. The van der Waals surface area contributed by atoms with Crippen molar-refractivity contribution in [3.8, 4) is 0 Å². The Balaban J connectivity index is 1.76. The summed E-state index contributed by atoms with van der Waals surface area (Å²) in [4.78, 5) is 11.4. The lowest BCUT2D eigenvalue weighted by Crippen LogP contribution is -2.48. The van der Waals surface area contributed by atoms with E-state index < -0.39 is 0 Å². The summed E-state index contributed by atoms with van der Waals surface area (Å²) in [5.41, 5.74) is 2.09. The number of likely N-dealkylation sites (tertiary alicyclic amines) is 1. The number of nitrogens with zero attached hydrogens (tertiary/aromatic N) is 3. The SMILES string of the molecule is CCCN1CCC(NC(=NC)NCc2cccc(C)n2)CC1. The summed E-state index contributed by atoms with van der Waals surface area (Å²) in [5, 5.41) is 6.90. The summed E-state index contributed by atoms with van der Waals surface area (Å²) in [6.07, 6.45) is 3.61. The molecule has 1 aliphatic heterocycles. The minimum Gasteiger partial charge on any atom is -0.354 e. The monoisotopic (exact) mass is 303 g/mol. The molecule has 0 aliphatic carbocycles. The third kappa shape index (κ3) is 5.30. The smallest absolute Gasteiger partial charge is 0.191 e. The van der Waals surface area contributed by atoms with E-state index in [-0.39, 0.29) is 0 Å². The van der Waals surface area contributed by atoms with Gasteiger partial charge in [0, 0.05) is 31.9 Å². The number of aromatic nitrogens is 1. The topological polar surface area (TPSA) is 52.5 Å². The Hall–Kier alpha value is -1.62.